The first-order valence-electron chi connectivity index (χ1n) is 6.32. The van der Waals surface area contributed by atoms with Gasteiger partial charge in [-0.3, -0.25) is 4.79 Å². The molecule has 0 saturated carbocycles. The third-order valence-electron chi connectivity index (χ3n) is 3.27. The molecule has 1 aliphatic carbocycles. The first-order chi connectivity index (χ1) is 8.27. The van der Waals surface area contributed by atoms with Crippen LogP contribution in [0.15, 0.2) is 42.0 Å². The summed E-state index contributed by atoms with van der Waals surface area (Å²) < 4.78 is 0. The van der Waals surface area contributed by atoms with E-state index in [1.165, 1.54) is 18.4 Å². The summed E-state index contributed by atoms with van der Waals surface area (Å²) in [5.41, 5.74) is 2.11. The molecule has 0 heterocycles. The molecule has 2 rings (SSSR count). The molecule has 0 aromatic heterocycles. The fourth-order valence-electron chi connectivity index (χ4n) is 2.22. The highest BCUT2D eigenvalue weighted by Crippen LogP contribution is 2.20. The second kappa shape index (κ2) is 5.67. The number of nitrogens with one attached hydrogen (secondary N) is 1. The molecule has 0 saturated heterocycles. The molecule has 0 aliphatic heterocycles. The average molecular weight is 229 g/mol. The lowest BCUT2D eigenvalue weighted by atomic mass is 9.94. The Morgan fingerprint density at radius 2 is 2.00 bits per heavy atom. The second-order valence-corrected chi connectivity index (χ2v) is 4.59. The molecule has 1 aromatic rings. The van der Waals surface area contributed by atoms with Crippen LogP contribution in [-0.4, -0.2) is 11.9 Å². The van der Waals surface area contributed by atoms with Crippen molar-refractivity contribution in [2.24, 2.45) is 0 Å². The topological polar surface area (TPSA) is 29.1 Å². The number of hydrogen-bond acceptors (Lipinski definition) is 1. The van der Waals surface area contributed by atoms with Crippen LogP contribution in [0.3, 0.4) is 0 Å². The summed E-state index contributed by atoms with van der Waals surface area (Å²) in [7, 11) is 0. The van der Waals surface area contributed by atoms with E-state index in [-0.39, 0.29) is 11.9 Å². The lowest BCUT2D eigenvalue weighted by Crippen LogP contribution is -2.34. The van der Waals surface area contributed by atoms with Crippen LogP contribution in [0, 0.1) is 0 Å². The molecule has 2 heteroatoms. The molecular weight excluding hydrogens is 210 g/mol. The van der Waals surface area contributed by atoms with Crippen molar-refractivity contribution in [3.8, 4) is 0 Å². The lowest BCUT2D eigenvalue weighted by molar-refractivity contribution is 0.0944. The molecule has 1 atom stereocenters. The number of benzene rings is 1. The Hall–Kier alpha value is -1.57. The van der Waals surface area contributed by atoms with Crippen molar-refractivity contribution in [1.29, 1.82) is 0 Å². The van der Waals surface area contributed by atoms with Crippen molar-refractivity contribution in [1.82, 2.24) is 5.32 Å². The van der Waals surface area contributed by atoms with Crippen LogP contribution in [-0.2, 0) is 0 Å². The number of rotatable bonds is 3. The SMILES string of the molecule is C[C@@H](NC(=O)c1ccccc1)C1=CCCCC1. The highest BCUT2D eigenvalue weighted by molar-refractivity contribution is 5.94. The van der Waals surface area contributed by atoms with E-state index in [0.717, 1.165) is 18.4 Å². The highest BCUT2D eigenvalue weighted by atomic mass is 16.1. The van der Waals surface area contributed by atoms with Gasteiger partial charge in [0.2, 0.25) is 0 Å². The van der Waals surface area contributed by atoms with E-state index in [4.69, 9.17) is 0 Å². The van der Waals surface area contributed by atoms with Crippen molar-refractivity contribution < 1.29 is 4.79 Å². The van der Waals surface area contributed by atoms with Gasteiger partial charge >= 0.3 is 0 Å². The molecule has 90 valence electrons. The van der Waals surface area contributed by atoms with Crippen molar-refractivity contribution >= 4 is 5.91 Å². The van der Waals surface area contributed by atoms with Crippen molar-refractivity contribution in [3.63, 3.8) is 0 Å². The molecule has 0 unspecified atom stereocenters. The molecular formula is C15H19NO. The number of hydrogen-bond donors (Lipinski definition) is 1. The molecule has 1 aromatic carbocycles. The Kier molecular flexibility index (Phi) is 3.97. The summed E-state index contributed by atoms with van der Waals surface area (Å²) in [6, 6.07) is 9.54. The summed E-state index contributed by atoms with van der Waals surface area (Å²) in [4.78, 5) is 12.0. The van der Waals surface area contributed by atoms with Gasteiger partial charge < -0.3 is 5.32 Å². The minimum Gasteiger partial charge on any atom is -0.346 e. The Morgan fingerprint density at radius 3 is 2.65 bits per heavy atom. The first-order valence-corrected chi connectivity index (χ1v) is 6.32. The third-order valence-corrected chi connectivity index (χ3v) is 3.27. The molecule has 0 radical (unpaired) electrons. The fraction of sp³-hybridized carbons (Fsp3) is 0.400. The minimum absolute atomic E-state index is 0.0181. The van der Waals surface area contributed by atoms with Gasteiger partial charge in [0.05, 0.1) is 0 Å². The summed E-state index contributed by atoms with van der Waals surface area (Å²) in [5, 5.41) is 3.06. The molecule has 1 N–H and O–H groups in total. The Morgan fingerprint density at radius 1 is 1.24 bits per heavy atom. The van der Waals surface area contributed by atoms with Gasteiger partial charge in [0.25, 0.3) is 5.91 Å². The summed E-state index contributed by atoms with van der Waals surface area (Å²) in [5.74, 6) is 0.0181. The molecule has 17 heavy (non-hydrogen) atoms. The number of amides is 1. The van der Waals surface area contributed by atoms with Crippen LogP contribution in [0.2, 0.25) is 0 Å². The number of allylic oxidation sites excluding steroid dienone is 1. The molecule has 0 fully saturated rings. The predicted octanol–water partition coefficient (Wildman–Crippen LogP) is 3.31. The van der Waals surface area contributed by atoms with Crippen LogP contribution >= 0.6 is 0 Å². The number of carbonyl (C=O) groups excluding carboxylic acids is 1. The standard InChI is InChI=1S/C15H19NO/c1-12(13-8-4-2-5-9-13)16-15(17)14-10-6-3-7-11-14/h3,6-8,10-12H,2,4-5,9H2,1H3,(H,16,17)/t12-/m1/s1. The van der Waals surface area contributed by atoms with E-state index >= 15 is 0 Å². The van der Waals surface area contributed by atoms with Crippen LogP contribution in [0.4, 0.5) is 0 Å². The maximum absolute atomic E-state index is 12.0. The quantitative estimate of drug-likeness (QED) is 0.792. The zero-order valence-electron chi connectivity index (χ0n) is 10.3. The van der Waals surface area contributed by atoms with Gasteiger partial charge in [0.15, 0.2) is 0 Å². The molecule has 0 bridgehead atoms. The maximum Gasteiger partial charge on any atom is 0.251 e. The van der Waals surface area contributed by atoms with Gasteiger partial charge in [-0.2, -0.15) is 0 Å². The van der Waals surface area contributed by atoms with Gasteiger partial charge in [0.1, 0.15) is 0 Å². The van der Waals surface area contributed by atoms with Crippen LogP contribution < -0.4 is 5.32 Å². The zero-order chi connectivity index (χ0) is 12.1. The monoisotopic (exact) mass is 229 g/mol. The van der Waals surface area contributed by atoms with E-state index in [9.17, 15) is 4.79 Å². The first kappa shape index (κ1) is 11.9. The van der Waals surface area contributed by atoms with E-state index in [0.29, 0.717) is 0 Å². The van der Waals surface area contributed by atoms with Crippen LogP contribution in [0.25, 0.3) is 0 Å². The number of carbonyl (C=O) groups is 1. The Bertz CT molecular complexity index is 408. The normalized spacial score (nSPS) is 17.1. The van der Waals surface area contributed by atoms with E-state index in [1.54, 1.807) is 0 Å². The maximum atomic E-state index is 12.0. The van der Waals surface area contributed by atoms with Gasteiger partial charge in [-0.25, -0.2) is 0 Å². The minimum atomic E-state index is 0.0181. The predicted molar refractivity (Wildman–Crippen MR) is 69.9 cm³/mol. The van der Waals surface area contributed by atoms with Crippen LogP contribution in [0.5, 0.6) is 0 Å². The summed E-state index contributed by atoms with van der Waals surface area (Å²) >= 11 is 0. The zero-order valence-corrected chi connectivity index (χ0v) is 10.3. The molecule has 2 nitrogen and oxygen atoms in total. The Labute approximate surface area is 103 Å². The highest BCUT2D eigenvalue weighted by Gasteiger charge is 2.14. The van der Waals surface area contributed by atoms with E-state index in [2.05, 4.69) is 18.3 Å². The molecule has 0 spiro atoms. The lowest BCUT2D eigenvalue weighted by Gasteiger charge is -2.20. The molecule has 1 amide bonds. The average Bonchev–Trinajstić information content (AvgIpc) is 2.40. The van der Waals surface area contributed by atoms with E-state index < -0.39 is 0 Å². The summed E-state index contributed by atoms with van der Waals surface area (Å²) in [6.45, 7) is 2.07. The van der Waals surface area contributed by atoms with Crippen molar-refractivity contribution in [2.75, 3.05) is 0 Å². The second-order valence-electron chi connectivity index (χ2n) is 4.59. The largest absolute Gasteiger partial charge is 0.346 e. The van der Waals surface area contributed by atoms with Crippen molar-refractivity contribution in [2.45, 2.75) is 38.6 Å². The fourth-order valence-corrected chi connectivity index (χ4v) is 2.22. The molecule has 1 aliphatic rings. The van der Waals surface area contributed by atoms with Gasteiger partial charge in [-0.1, -0.05) is 29.8 Å². The van der Waals surface area contributed by atoms with Gasteiger partial charge in [0, 0.05) is 11.6 Å². The Balaban J connectivity index is 1.97. The smallest absolute Gasteiger partial charge is 0.251 e. The van der Waals surface area contributed by atoms with Gasteiger partial charge in [-0.15, -0.1) is 0 Å². The third kappa shape index (κ3) is 3.19. The van der Waals surface area contributed by atoms with Crippen LogP contribution in [0.1, 0.15) is 43.0 Å². The van der Waals surface area contributed by atoms with E-state index in [1.807, 2.05) is 30.3 Å². The van der Waals surface area contributed by atoms with Crippen molar-refractivity contribution in [3.05, 3.63) is 47.5 Å². The summed E-state index contributed by atoms with van der Waals surface area (Å²) in [6.07, 6.45) is 7.08. The van der Waals surface area contributed by atoms with Gasteiger partial charge in [-0.05, 0) is 44.7 Å².